The Morgan fingerprint density at radius 1 is 0.900 bits per heavy atom. The molecule has 0 saturated carbocycles. The summed E-state index contributed by atoms with van der Waals surface area (Å²) in [4.78, 5) is 2.49. The molecule has 0 spiro atoms. The standard InChI is InChI=1S/C27H29Cl2N/c1-18-5-4-6-22(15-18)20(3)23-13-14-30(26-12-7-19(2)16-25(26)29)27(17-23)21-8-10-24(28)11-9-21/h4-12,15-16,20,23,27H,13-14,17H2,1-3H3. The molecule has 0 amide bonds. The van der Waals surface area contributed by atoms with Gasteiger partial charge in [-0.05, 0) is 79.5 Å². The van der Waals surface area contributed by atoms with Crippen LogP contribution in [0.1, 0.15) is 54.0 Å². The van der Waals surface area contributed by atoms with E-state index in [-0.39, 0.29) is 6.04 Å². The summed E-state index contributed by atoms with van der Waals surface area (Å²) in [6.07, 6.45) is 2.25. The lowest BCUT2D eigenvalue weighted by Gasteiger charge is -2.43. The molecule has 3 unspecified atom stereocenters. The van der Waals surface area contributed by atoms with Gasteiger partial charge in [0.2, 0.25) is 0 Å². The highest BCUT2D eigenvalue weighted by molar-refractivity contribution is 6.33. The molecule has 4 rings (SSSR count). The van der Waals surface area contributed by atoms with Crippen molar-refractivity contribution in [2.45, 2.75) is 45.6 Å². The summed E-state index contributed by atoms with van der Waals surface area (Å²) in [6.45, 7) is 7.64. The number of rotatable bonds is 4. The Hall–Kier alpha value is -1.96. The van der Waals surface area contributed by atoms with Gasteiger partial charge in [-0.25, -0.2) is 0 Å². The molecule has 0 bridgehead atoms. The third kappa shape index (κ3) is 4.53. The van der Waals surface area contributed by atoms with Crippen LogP contribution in [0, 0.1) is 19.8 Å². The van der Waals surface area contributed by atoms with E-state index in [1.54, 1.807) is 0 Å². The van der Waals surface area contributed by atoms with Gasteiger partial charge in [0.1, 0.15) is 0 Å². The lowest BCUT2D eigenvalue weighted by molar-refractivity contribution is 0.306. The Labute approximate surface area is 190 Å². The fourth-order valence-electron chi connectivity index (χ4n) is 4.81. The molecule has 0 N–H and O–H groups in total. The maximum absolute atomic E-state index is 6.69. The molecule has 1 saturated heterocycles. The van der Waals surface area contributed by atoms with Crippen LogP contribution in [-0.2, 0) is 0 Å². The molecule has 30 heavy (non-hydrogen) atoms. The van der Waals surface area contributed by atoms with Crippen molar-refractivity contribution in [3.8, 4) is 0 Å². The van der Waals surface area contributed by atoms with Gasteiger partial charge >= 0.3 is 0 Å². The largest absolute Gasteiger partial charge is 0.363 e. The van der Waals surface area contributed by atoms with Gasteiger partial charge in [-0.2, -0.15) is 0 Å². The topological polar surface area (TPSA) is 3.24 Å². The van der Waals surface area contributed by atoms with Crippen LogP contribution in [0.25, 0.3) is 0 Å². The van der Waals surface area contributed by atoms with Crippen LogP contribution in [0.3, 0.4) is 0 Å². The van der Waals surface area contributed by atoms with Gasteiger partial charge in [-0.1, -0.05) is 78.2 Å². The van der Waals surface area contributed by atoms with Crippen LogP contribution < -0.4 is 4.90 Å². The Bertz CT molecular complexity index is 1010. The minimum atomic E-state index is 0.286. The molecular formula is C27H29Cl2N. The van der Waals surface area contributed by atoms with Crippen molar-refractivity contribution in [3.05, 3.63) is 99.0 Å². The number of anilines is 1. The first-order chi connectivity index (χ1) is 14.4. The van der Waals surface area contributed by atoms with Crippen molar-refractivity contribution in [3.63, 3.8) is 0 Å². The smallest absolute Gasteiger partial charge is 0.0642 e. The Balaban J connectivity index is 1.67. The molecule has 1 fully saturated rings. The summed E-state index contributed by atoms with van der Waals surface area (Å²) >= 11 is 12.9. The second kappa shape index (κ2) is 9.04. The van der Waals surface area contributed by atoms with E-state index in [2.05, 4.69) is 80.3 Å². The Morgan fingerprint density at radius 2 is 1.63 bits per heavy atom. The van der Waals surface area contributed by atoms with Gasteiger partial charge in [0.25, 0.3) is 0 Å². The van der Waals surface area contributed by atoms with Crippen LogP contribution in [0.5, 0.6) is 0 Å². The van der Waals surface area contributed by atoms with E-state index in [9.17, 15) is 0 Å². The summed E-state index contributed by atoms with van der Waals surface area (Å²) in [5, 5.41) is 1.61. The summed E-state index contributed by atoms with van der Waals surface area (Å²) in [7, 11) is 0. The number of aryl methyl sites for hydroxylation is 2. The van der Waals surface area contributed by atoms with Crippen LogP contribution in [0.15, 0.2) is 66.7 Å². The molecule has 3 aromatic rings. The maximum Gasteiger partial charge on any atom is 0.0642 e. The lowest BCUT2D eigenvalue weighted by Crippen LogP contribution is -2.38. The third-order valence-electron chi connectivity index (χ3n) is 6.59. The molecule has 1 nitrogen and oxygen atoms in total. The number of nitrogens with zero attached hydrogens (tertiary/aromatic N) is 1. The van der Waals surface area contributed by atoms with Gasteiger partial charge in [0.05, 0.1) is 16.8 Å². The van der Waals surface area contributed by atoms with Crippen molar-refractivity contribution in [2.24, 2.45) is 5.92 Å². The predicted molar refractivity (Wildman–Crippen MR) is 130 cm³/mol. The van der Waals surface area contributed by atoms with Crippen molar-refractivity contribution in [1.29, 1.82) is 0 Å². The summed E-state index contributed by atoms with van der Waals surface area (Å²) < 4.78 is 0. The monoisotopic (exact) mass is 437 g/mol. The van der Waals surface area contributed by atoms with E-state index in [1.165, 1.54) is 22.3 Å². The van der Waals surface area contributed by atoms with E-state index >= 15 is 0 Å². The zero-order chi connectivity index (χ0) is 21.3. The number of hydrogen-bond donors (Lipinski definition) is 0. The SMILES string of the molecule is Cc1cccc(C(C)C2CCN(c3ccc(C)cc3Cl)C(c3ccc(Cl)cc3)C2)c1. The van der Waals surface area contributed by atoms with Crippen molar-refractivity contribution < 1.29 is 0 Å². The molecule has 3 heteroatoms. The van der Waals surface area contributed by atoms with E-state index in [0.717, 1.165) is 35.1 Å². The second-order valence-electron chi connectivity index (χ2n) is 8.70. The van der Waals surface area contributed by atoms with Gasteiger partial charge in [-0.15, -0.1) is 0 Å². The minimum absolute atomic E-state index is 0.286. The molecule has 0 aromatic heterocycles. The minimum Gasteiger partial charge on any atom is -0.363 e. The molecule has 1 aliphatic rings. The van der Waals surface area contributed by atoms with Crippen LogP contribution in [0.4, 0.5) is 5.69 Å². The van der Waals surface area contributed by atoms with Crippen molar-refractivity contribution >= 4 is 28.9 Å². The zero-order valence-electron chi connectivity index (χ0n) is 17.9. The number of benzene rings is 3. The Morgan fingerprint density at radius 3 is 2.33 bits per heavy atom. The molecule has 1 aliphatic heterocycles. The van der Waals surface area contributed by atoms with E-state index in [0.29, 0.717) is 11.8 Å². The first-order valence-corrected chi connectivity index (χ1v) is 11.5. The second-order valence-corrected chi connectivity index (χ2v) is 9.55. The molecule has 1 heterocycles. The molecule has 0 radical (unpaired) electrons. The van der Waals surface area contributed by atoms with Crippen molar-refractivity contribution in [2.75, 3.05) is 11.4 Å². The number of hydrogen-bond acceptors (Lipinski definition) is 1. The number of halogens is 2. The van der Waals surface area contributed by atoms with Gasteiger partial charge in [0, 0.05) is 11.6 Å². The molecule has 0 aliphatic carbocycles. The molecule has 3 atom stereocenters. The molecule has 3 aromatic carbocycles. The third-order valence-corrected chi connectivity index (χ3v) is 7.14. The van der Waals surface area contributed by atoms with Gasteiger partial charge in [0.15, 0.2) is 0 Å². The van der Waals surface area contributed by atoms with Gasteiger partial charge in [-0.3, -0.25) is 0 Å². The molecule has 156 valence electrons. The van der Waals surface area contributed by atoms with Crippen LogP contribution >= 0.6 is 23.2 Å². The first-order valence-electron chi connectivity index (χ1n) is 10.8. The van der Waals surface area contributed by atoms with E-state index in [4.69, 9.17) is 23.2 Å². The quantitative estimate of drug-likeness (QED) is 0.395. The summed E-state index contributed by atoms with van der Waals surface area (Å²) in [5.74, 6) is 1.14. The summed E-state index contributed by atoms with van der Waals surface area (Å²) in [6, 6.07) is 24.0. The highest BCUT2D eigenvalue weighted by Crippen LogP contribution is 2.44. The van der Waals surface area contributed by atoms with E-state index in [1.807, 2.05) is 12.1 Å². The fourth-order valence-corrected chi connectivity index (χ4v) is 5.28. The average Bonchev–Trinajstić information content (AvgIpc) is 2.74. The number of piperidine rings is 1. The normalized spacial score (nSPS) is 20.2. The predicted octanol–water partition coefficient (Wildman–Crippen LogP) is 8.37. The van der Waals surface area contributed by atoms with Crippen LogP contribution in [0.2, 0.25) is 10.0 Å². The van der Waals surface area contributed by atoms with Gasteiger partial charge < -0.3 is 4.90 Å². The maximum atomic E-state index is 6.69. The highest BCUT2D eigenvalue weighted by Gasteiger charge is 2.33. The van der Waals surface area contributed by atoms with Crippen LogP contribution in [-0.4, -0.2) is 6.54 Å². The Kier molecular flexibility index (Phi) is 6.41. The lowest BCUT2D eigenvalue weighted by atomic mass is 9.77. The summed E-state index contributed by atoms with van der Waals surface area (Å²) in [5.41, 5.74) is 6.39. The highest BCUT2D eigenvalue weighted by atomic mass is 35.5. The first kappa shape index (κ1) is 21.3. The van der Waals surface area contributed by atoms with Crippen molar-refractivity contribution in [1.82, 2.24) is 0 Å². The van der Waals surface area contributed by atoms with E-state index < -0.39 is 0 Å². The fraction of sp³-hybridized carbons (Fsp3) is 0.333. The zero-order valence-corrected chi connectivity index (χ0v) is 19.4. The average molecular weight is 438 g/mol. The molecular weight excluding hydrogens is 409 g/mol.